The Morgan fingerprint density at radius 2 is 2.20 bits per heavy atom. The molecule has 2 rings (SSSR count). The Morgan fingerprint density at radius 1 is 1.45 bits per heavy atom. The van der Waals surface area contributed by atoms with Crippen molar-refractivity contribution in [2.75, 3.05) is 19.6 Å². The molecule has 2 heterocycles. The topological polar surface area (TPSA) is 33.1 Å². The molecule has 5 heteroatoms. The lowest BCUT2D eigenvalue weighted by Crippen LogP contribution is -2.52. The molecule has 1 aromatic heterocycles. The number of aromatic nitrogens is 2. The second-order valence-corrected chi connectivity index (χ2v) is 6.22. The van der Waals surface area contributed by atoms with Gasteiger partial charge in [-0.05, 0) is 19.8 Å². The molecule has 0 spiro atoms. The average molecular weight is 299 g/mol. The van der Waals surface area contributed by atoms with Crippen LogP contribution in [0, 0.1) is 12.8 Å². The largest absolute Gasteiger partial charge is 0.311 e. The Bertz CT molecular complexity index is 443. The highest BCUT2D eigenvalue weighted by Gasteiger charge is 2.25. The van der Waals surface area contributed by atoms with Gasteiger partial charge in [-0.1, -0.05) is 31.9 Å². The summed E-state index contributed by atoms with van der Waals surface area (Å²) in [4.78, 5) is 2.50. The van der Waals surface area contributed by atoms with Crippen LogP contribution in [0.2, 0.25) is 5.02 Å². The van der Waals surface area contributed by atoms with Crippen molar-refractivity contribution in [2.45, 2.75) is 53.2 Å². The van der Waals surface area contributed by atoms with Crippen molar-refractivity contribution in [1.29, 1.82) is 0 Å². The first-order valence-corrected chi connectivity index (χ1v) is 8.12. The first-order valence-electron chi connectivity index (χ1n) is 7.74. The fourth-order valence-corrected chi connectivity index (χ4v) is 3.08. The van der Waals surface area contributed by atoms with Gasteiger partial charge in [-0.15, -0.1) is 0 Å². The van der Waals surface area contributed by atoms with Crippen LogP contribution in [0.15, 0.2) is 0 Å². The zero-order valence-corrected chi connectivity index (χ0v) is 13.9. The van der Waals surface area contributed by atoms with Gasteiger partial charge in [-0.3, -0.25) is 9.58 Å². The molecular formula is C15H27ClN4. The lowest BCUT2D eigenvalue weighted by molar-refractivity contribution is 0.159. The van der Waals surface area contributed by atoms with Gasteiger partial charge in [-0.25, -0.2) is 0 Å². The number of aryl methyl sites for hydroxylation is 2. The van der Waals surface area contributed by atoms with E-state index in [-0.39, 0.29) is 0 Å². The van der Waals surface area contributed by atoms with E-state index in [0.29, 0.717) is 12.0 Å². The summed E-state index contributed by atoms with van der Waals surface area (Å²) in [7, 11) is 0. The maximum atomic E-state index is 6.41. The highest BCUT2D eigenvalue weighted by molar-refractivity contribution is 6.31. The SMILES string of the molecule is CCC(C)C1CN(Cc2c(Cl)c(C)nn2CC)CCN1. The summed E-state index contributed by atoms with van der Waals surface area (Å²) >= 11 is 6.41. The monoisotopic (exact) mass is 298 g/mol. The Labute approximate surface area is 127 Å². The van der Waals surface area contributed by atoms with E-state index in [2.05, 4.69) is 36.1 Å². The van der Waals surface area contributed by atoms with Gasteiger partial charge in [0.05, 0.1) is 16.4 Å². The zero-order valence-electron chi connectivity index (χ0n) is 13.1. The van der Waals surface area contributed by atoms with E-state index < -0.39 is 0 Å². The standard InChI is InChI=1S/C15H27ClN4/c1-5-11(3)13-9-19(8-7-17-13)10-14-15(16)12(4)18-20(14)6-2/h11,13,17H,5-10H2,1-4H3. The Hall–Kier alpha value is -0.580. The van der Waals surface area contributed by atoms with Crippen LogP contribution >= 0.6 is 11.6 Å². The Balaban J connectivity index is 2.06. The normalized spacial score (nSPS) is 22.1. The molecular weight excluding hydrogens is 272 g/mol. The summed E-state index contributed by atoms with van der Waals surface area (Å²) in [5.41, 5.74) is 2.11. The van der Waals surface area contributed by atoms with Crippen molar-refractivity contribution >= 4 is 11.6 Å². The molecule has 20 heavy (non-hydrogen) atoms. The molecule has 114 valence electrons. The third-order valence-corrected chi connectivity index (χ3v) is 4.94. The van der Waals surface area contributed by atoms with Gasteiger partial charge in [0.15, 0.2) is 0 Å². The van der Waals surface area contributed by atoms with E-state index in [9.17, 15) is 0 Å². The molecule has 2 atom stereocenters. The Kier molecular flexibility index (Phi) is 5.47. The van der Waals surface area contributed by atoms with Gasteiger partial charge >= 0.3 is 0 Å². The molecule has 0 saturated carbocycles. The van der Waals surface area contributed by atoms with Gasteiger partial charge in [0.1, 0.15) is 0 Å². The number of nitrogens with zero attached hydrogens (tertiary/aromatic N) is 3. The molecule has 1 saturated heterocycles. The third-order valence-electron chi connectivity index (χ3n) is 4.45. The first kappa shape index (κ1) is 15.8. The highest BCUT2D eigenvalue weighted by Crippen LogP contribution is 2.23. The maximum absolute atomic E-state index is 6.41. The molecule has 0 bridgehead atoms. The molecule has 1 N–H and O–H groups in total. The van der Waals surface area contributed by atoms with Gasteiger partial charge in [0.25, 0.3) is 0 Å². The van der Waals surface area contributed by atoms with Gasteiger partial charge in [0.2, 0.25) is 0 Å². The first-order chi connectivity index (χ1) is 9.56. The number of halogens is 1. The van der Waals surface area contributed by atoms with Crippen LogP contribution in [0.25, 0.3) is 0 Å². The number of hydrogen-bond donors (Lipinski definition) is 1. The van der Waals surface area contributed by atoms with Crippen molar-refractivity contribution in [1.82, 2.24) is 20.0 Å². The molecule has 1 aromatic rings. The fourth-order valence-electron chi connectivity index (χ4n) is 2.88. The number of nitrogens with one attached hydrogen (secondary N) is 1. The Morgan fingerprint density at radius 3 is 2.85 bits per heavy atom. The van der Waals surface area contributed by atoms with Crippen LogP contribution < -0.4 is 5.32 Å². The fraction of sp³-hybridized carbons (Fsp3) is 0.800. The van der Waals surface area contributed by atoms with Gasteiger partial charge in [-0.2, -0.15) is 5.10 Å². The molecule has 0 aliphatic carbocycles. The molecule has 1 aliphatic rings. The van der Waals surface area contributed by atoms with Gasteiger partial charge in [0, 0.05) is 38.8 Å². The smallest absolute Gasteiger partial charge is 0.0860 e. The minimum absolute atomic E-state index is 0.589. The van der Waals surface area contributed by atoms with Gasteiger partial charge < -0.3 is 5.32 Å². The minimum atomic E-state index is 0.589. The second-order valence-electron chi connectivity index (χ2n) is 5.84. The summed E-state index contributed by atoms with van der Waals surface area (Å²) in [6.45, 7) is 13.7. The van der Waals surface area contributed by atoms with Crippen molar-refractivity contribution in [3.05, 3.63) is 16.4 Å². The molecule has 1 fully saturated rings. The summed E-state index contributed by atoms with van der Waals surface area (Å²) < 4.78 is 2.04. The predicted molar refractivity (Wildman–Crippen MR) is 84.2 cm³/mol. The number of hydrogen-bond acceptors (Lipinski definition) is 3. The number of piperazine rings is 1. The van der Waals surface area contributed by atoms with E-state index in [4.69, 9.17) is 11.6 Å². The molecule has 0 aromatic carbocycles. The van der Waals surface area contributed by atoms with Crippen molar-refractivity contribution < 1.29 is 0 Å². The van der Waals surface area contributed by atoms with E-state index in [0.717, 1.165) is 49.1 Å². The zero-order chi connectivity index (χ0) is 14.7. The van der Waals surface area contributed by atoms with Crippen LogP contribution in [0.3, 0.4) is 0 Å². The van der Waals surface area contributed by atoms with E-state index in [1.54, 1.807) is 0 Å². The van der Waals surface area contributed by atoms with Crippen LogP contribution in [-0.4, -0.2) is 40.4 Å². The quantitative estimate of drug-likeness (QED) is 0.907. The summed E-state index contributed by atoms with van der Waals surface area (Å²) in [6.07, 6.45) is 1.22. The van der Waals surface area contributed by atoms with E-state index in [1.165, 1.54) is 6.42 Å². The summed E-state index contributed by atoms with van der Waals surface area (Å²) in [6, 6.07) is 0.589. The van der Waals surface area contributed by atoms with E-state index >= 15 is 0 Å². The molecule has 1 aliphatic heterocycles. The van der Waals surface area contributed by atoms with Crippen LogP contribution in [-0.2, 0) is 13.1 Å². The van der Waals surface area contributed by atoms with Crippen LogP contribution in [0.5, 0.6) is 0 Å². The maximum Gasteiger partial charge on any atom is 0.0860 e. The summed E-state index contributed by atoms with van der Waals surface area (Å²) in [5.74, 6) is 0.714. The molecule has 4 nitrogen and oxygen atoms in total. The molecule has 0 amide bonds. The van der Waals surface area contributed by atoms with Crippen molar-refractivity contribution in [3.63, 3.8) is 0 Å². The third kappa shape index (κ3) is 3.35. The average Bonchev–Trinajstić information content (AvgIpc) is 2.74. The van der Waals surface area contributed by atoms with E-state index in [1.807, 2.05) is 11.6 Å². The summed E-state index contributed by atoms with van der Waals surface area (Å²) in [5, 5.41) is 8.98. The predicted octanol–water partition coefficient (Wildman–Crippen LogP) is 2.68. The lowest BCUT2D eigenvalue weighted by Gasteiger charge is -2.36. The second kappa shape index (κ2) is 6.92. The minimum Gasteiger partial charge on any atom is -0.311 e. The molecule has 2 unspecified atom stereocenters. The van der Waals surface area contributed by atoms with Crippen LogP contribution in [0.4, 0.5) is 0 Å². The lowest BCUT2D eigenvalue weighted by atomic mass is 9.97. The van der Waals surface area contributed by atoms with Crippen LogP contribution in [0.1, 0.15) is 38.6 Å². The highest BCUT2D eigenvalue weighted by atomic mass is 35.5. The number of rotatable bonds is 5. The van der Waals surface area contributed by atoms with Crippen molar-refractivity contribution in [3.8, 4) is 0 Å². The van der Waals surface area contributed by atoms with Crippen molar-refractivity contribution in [2.24, 2.45) is 5.92 Å². The molecule has 0 radical (unpaired) electrons.